The lowest BCUT2D eigenvalue weighted by Crippen LogP contribution is -2.12. The molecule has 0 spiro atoms. The van der Waals surface area contributed by atoms with Crippen LogP contribution < -0.4 is 15.8 Å². The molecule has 19 heavy (non-hydrogen) atoms. The van der Waals surface area contributed by atoms with E-state index in [0.29, 0.717) is 30.4 Å². The average Bonchev–Trinajstić information content (AvgIpc) is 2.35. The number of hydrogen-bond acceptors (Lipinski definition) is 4. The van der Waals surface area contributed by atoms with Crippen molar-refractivity contribution in [3.63, 3.8) is 0 Å². The highest BCUT2D eigenvalue weighted by molar-refractivity contribution is 5.68. The SMILES string of the molecule is COc1cc(NCCOCCC(C)C)c(N)cc1F. The smallest absolute Gasteiger partial charge is 0.167 e. The van der Waals surface area contributed by atoms with Crippen molar-refractivity contribution in [2.75, 3.05) is 37.9 Å². The third kappa shape index (κ3) is 5.34. The fourth-order valence-corrected chi connectivity index (χ4v) is 1.56. The summed E-state index contributed by atoms with van der Waals surface area (Å²) < 4.78 is 23.7. The summed E-state index contributed by atoms with van der Waals surface area (Å²) in [5.74, 6) is 0.362. The Kier molecular flexibility index (Phi) is 6.42. The molecule has 5 heteroatoms. The molecule has 1 aromatic rings. The van der Waals surface area contributed by atoms with Gasteiger partial charge in [0.2, 0.25) is 0 Å². The molecule has 1 rings (SSSR count). The van der Waals surface area contributed by atoms with E-state index >= 15 is 0 Å². The third-order valence-electron chi connectivity index (χ3n) is 2.73. The van der Waals surface area contributed by atoms with Gasteiger partial charge in [-0.05, 0) is 12.3 Å². The number of anilines is 2. The van der Waals surface area contributed by atoms with Crippen molar-refractivity contribution >= 4 is 11.4 Å². The normalized spacial score (nSPS) is 10.8. The third-order valence-corrected chi connectivity index (χ3v) is 2.73. The van der Waals surface area contributed by atoms with E-state index in [9.17, 15) is 4.39 Å². The van der Waals surface area contributed by atoms with Gasteiger partial charge in [0.05, 0.1) is 25.1 Å². The Labute approximate surface area is 114 Å². The van der Waals surface area contributed by atoms with Gasteiger partial charge in [0, 0.05) is 25.3 Å². The van der Waals surface area contributed by atoms with Crippen molar-refractivity contribution in [2.24, 2.45) is 5.92 Å². The van der Waals surface area contributed by atoms with Crippen LogP contribution in [0.2, 0.25) is 0 Å². The Bertz CT molecular complexity index is 397. The maximum absolute atomic E-state index is 13.3. The lowest BCUT2D eigenvalue weighted by Gasteiger charge is -2.12. The minimum Gasteiger partial charge on any atom is -0.494 e. The summed E-state index contributed by atoms with van der Waals surface area (Å²) >= 11 is 0. The first kappa shape index (κ1) is 15.6. The quantitative estimate of drug-likeness (QED) is 0.563. The molecule has 1 aromatic carbocycles. The lowest BCUT2D eigenvalue weighted by atomic mass is 10.1. The van der Waals surface area contributed by atoms with Crippen molar-refractivity contribution in [1.29, 1.82) is 0 Å². The number of nitrogens with two attached hydrogens (primary N) is 1. The monoisotopic (exact) mass is 270 g/mol. The van der Waals surface area contributed by atoms with Crippen LogP contribution in [0, 0.1) is 11.7 Å². The molecule has 0 saturated heterocycles. The number of halogens is 1. The number of ether oxygens (including phenoxy) is 2. The van der Waals surface area contributed by atoms with Gasteiger partial charge in [-0.2, -0.15) is 0 Å². The van der Waals surface area contributed by atoms with Crippen LogP contribution in [0.5, 0.6) is 5.75 Å². The summed E-state index contributed by atoms with van der Waals surface area (Å²) in [5, 5.41) is 3.11. The number of benzene rings is 1. The maximum atomic E-state index is 13.3. The number of methoxy groups -OCH3 is 1. The highest BCUT2D eigenvalue weighted by atomic mass is 19.1. The van der Waals surface area contributed by atoms with E-state index in [2.05, 4.69) is 19.2 Å². The van der Waals surface area contributed by atoms with Crippen LogP contribution in [0.1, 0.15) is 20.3 Å². The van der Waals surface area contributed by atoms with E-state index in [0.717, 1.165) is 13.0 Å². The highest BCUT2D eigenvalue weighted by Gasteiger charge is 2.07. The van der Waals surface area contributed by atoms with E-state index in [-0.39, 0.29) is 5.75 Å². The first-order valence-corrected chi connectivity index (χ1v) is 6.49. The van der Waals surface area contributed by atoms with Crippen LogP contribution in [0.25, 0.3) is 0 Å². The van der Waals surface area contributed by atoms with Crippen LogP contribution in [0.15, 0.2) is 12.1 Å². The number of nitrogen functional groups attached to an aromatic ring is 1. The van der Waals surface area contributed by atoms with Gasteiger partial charge >= 0.3 is 0 Å². The van der Waals surface area contributed by atoms with Gasteiger partial charge in [-0.1, -0.05) is 13.8 Å². The zero-order chi connectivity index (χ0) is 14.3. The summed E-state index contributed by atoms with van der Waals surface area (Å²) in [7, 11) is 1.42. The Morgan fingerprint density at radius 3 is 2.68 bits per heavy atom. The van der Waals surface area contributed by atoms with Crippen molar-refractivity contribution < 1.29 is 13.9 Å². The molecule has 0 aliphatic carbocycles. The second-order valence-corrected chi connectivity index (χ2v) is 4.80. The molecule has 108 valence electrons. The molecule has 0 aliphatic rings. The van der Waals surface area contributed by atoms with Gasteiger partial charge < -0.3 is 20.5 Å². The summed E-state index contributed by atoms with van der Waals surface area (Å²) in [4.78, 5) is 0. The molecular weight excluding hydrogens is 247 g/mol. The van der Waals surface area contributed by atoms with Crippen molar-refractivity contribution in [2.45, 2.75) is 20.3 Å². The number of hydrogen-bond donors (Lipinski definition) is 2. The molecule has 0 aliphatic heterocycles. The largest absolute Gasteiger partial charge is 0.494 e. The van der Waals surface area contributed by atoms with E-state index in [1.54, 1.807) is 6.07 Å². The zero-order valence-electron chi connectivity index (χ0n) is 11.8. The minimum atomic E-state index is -0.460. The molecule has 4 nitrogen and oxygen atoms in total. The molecule has 0 heterocycles. The van der Waals surface area contributed by atoms with Crippen molar-refractivity contribution in [3.05, 3.63) is 17.9 Å². The van der Waals surface area contributed by atoms with E-state index in [4.69, 9.17) is 15.2 Å². The molecule has 0 atom stereocenters. The highest BCUT2D eigenvalue weighted by Crippen LogP contribution is 2.27. The number of nitrogens with one attached hydrogen (secondary N) is 1. The van der Waals surface area contributed by atoms with Gasteiger partial charge in [-0.15, -0.1) is 0 Å². The second kappa shape index (κ2) is 7.84. The fourth-order valence-electron chi connectivity index (χ4n) is 1.56. The predicted octanol–water partition coefficient (Wildman–Crippen LogP) is 2.89. The van der Waals surface area contributed by atoms with Crippen molar-refractivity contribution in [1.82, 2.24) is 0 Å². The topological polar surface area (TPSA) is 56.5 Å². The van der Waals surface area contributed by atoms with Crippen LogP contribution in [0.4, 0.5) is 15.8 Å². The van der Waals surface area contributed by atoms with Gasteiger partial charge in [0.15, 0.2) is 11.6 Å². The fraction of sp³-hybridized carbons (Fsp3) is 0.571. The average molecular weight is 270 g/mol. The Hall–Kier alpha value is -1.49. The predicted molar refractivity (Wildman–Crippen MR) is 76.1 cm³/mol. The van der Waals surface area contributed by atoms with E-state index in [1.165, 1.54) is 13.2 Å². The second-order valence-electron chi connectivity index (χ2n) is 4.80. The van der Waals surface area contributed by atoms with Crippen LogP contribution in [-0.2, 0) is 4.74 Å². The Morgan fingerprint density at radius 2 is 2.05 bits per heavy atom. The van der Waals surface area contributed by atoms with Crippen LogP contribution in [-0.4, -0.2) is 26.9 Å². The molecular formula is C14H23FN2O2. The standard InChI is InChI=1S/C14H23FN2O2/c1-10(2)4-6-19-7-5-17-13-9-14(18-3)11(15)8-12(13)16/h8-10,17H,4-7,16H2,1-3H3. The lowest BCUT2D eigenvalue weighted by molar-refractivity contribution is 0.132. The molecule has 0 amide bonds. The first-order valence-electron chi connectivity index (χ1n) is 6.49. The summed E-state index contributed by atoms with van der Waals surface area (Å²) in [5.41, 5.74) is 6.75. The molecule has 0 aromatic heterocycles. The van der Waals surface area contributed by atoms with E-state index in [1.807, 2.05) is 0 Å². The Morgan fingerprint density at radius 1 is 1.32 bits per heavy atom. The molecule has 0 bridgehead atoms. The number of rotatable bonds is 8. The zero-order valence-corrected chi connectivity index (χ0v) is 11.8. The van der Waals surface area contributed by atoms with Gasteiger partial charge in [0.1, 0.15) is 0 Å². The molecule has 0 radical (unpaired) electrons. The van der Waals surface area contributed by atoms with Gasteiger partial charge in [-0.25, -0.2) is 4.39 Å². The maximum Gasteiger partial charge on any atom is 0.167 e. The molecule has 0 unspecified atom stereocenters. The minimum absolute atomic E-state index is 0.178. The molecule has 3 N–H and O–H groups in total. The summed E-state index contributed by atoms with van der Waals surface area (Å²) in [6, 6.07) is 2.81. The molecule has 0 saturated carbocycles. The first-order chi connectivity index (χ1) is 9.04. The van der Waals surface area contributed by atoms with Gasteiger partial charge in [0.25, 0.3) is 0 Å². The van der Waals surface area contributed by atoms with E-state index < -0.39 is 5.82 Å². The van der Waals surface area contributed by atoms with Crippen molar-refractivity contribution in [3.8, 4) is 5.75 Å². The summed E-state index contributed by atoms with van der Waals surface area (Å²) in [6.45, 7) is 6.28. The van der Waals surface area contributed by atoms with Gasteiger partial charge in [-0.3, -0.25) is 0 Å². The molecule has 0 fully saturated rings. The summed E-state index contributed by atoms with van der Waals surface area (Å²) in [6.07, 6.45) is 1.05. The van der Waals surface area contributed by atoms with Crippen LogP contribution in [0.3, 0.4) is 0 Å². The Balaban J connectivity index is 2.37. The van der Waals surface area contributed by atoms with Crippen LogP contribution >= 0.6 is 0 Å².